The van der Waals surface area contributed by atoms with Gasteiger partial charge in [-0.3, -0.25) is 20.2 Å². The van der Waals surface area contributed by atoms with E-state index in [0.717, 1.165) is 65.2 Å². The van der Waals surface area contributed by atoms with Crippen molar-refractivity contribution in [3.8, 4) is 11.5 Å². The number of non-ortho nitro benzene ring substituents is 2. The van der Waals surface area contributed by atoms with Crippen LogP contribution in [0.3, 0.4) is 0 Å². The minimum atomic E-state index is -0.978. The van der Waals surface area contributed by atoms with E-state index in [0.29, 0.717) is 6.61 Å². The molecule has 2 aliphatic heterocycles. The molecule has 0 aliphatic carbocycles. The van der Waals surface area contributed by atoms with Crippen LogP contribution in [0.2, 0.25) is 0 Å². The third kappa shape index (κ3) is 17.0. The number of benzene rings is 2. The molecule has 0 aromatic heterocycles. The predicted octanol–water partition coefficient (Wildman–Crippen LogP) is 3.70. The van der Waals surface area contributed by atoms with Crippen molar-refractivity contribution in [2.45, 2.75) is 12.8 Å². The summed E-state index contributed by atoms with van der Waals surface area (Å²) >= 11 is 4.92. The third-order valence-electron chi connectivity index (χ3n) is 7.16. The Kier molecular flexibility index (Phi) is 18.2. The molecule has 2 heterocycles. The van der Waals surface area contributed by atoms with E-state index in [1.807, 2.05) is 0 Å². The molecule has 2 fully saturated rings. The topological polar surface area (TPSA) is 181 Å². The van der Waals surface area contributed by atoms with Gasteiger partial charge in [0.1, 0.15) is 11.5 Å². The van der Waals surface area contributed by atoms with Gasteiger partial charge in [0.2, 0.25) is 0 Å². The van der Waals surface area contributed by atoms with Crippen molar-refractivity contribution in [3.63, 3.8) is 0 Å². The average Bonchev–Trinajstić information content (AvgIpc) is 3.04. The molecule has 0 bridgehead atoms. The first kappa shape index (κ1) is 39.2. The van der Waals surface area contributed by atoms with Crippen molar-refractivity contribution in [3.05, 3.63) is 68.8 Å². The summed E-state index contributed by atoms with van der Waals surface area (Å²) in [5.74, 6) is 0.394. The summed E-state index contributed by atoms with van der Waals surface area (Å²) in [6.45, 7) is 11.4. The van der Waals surface area contributed by atoms with Crippen LogP contribution in [0.4, 0.5) is 21.0 Å². The molecule has 2 saturated heterocycles. The highest BCUT2D eigenvalue weighted by Crippen LogP contribution is 2.18. The second-order valence-electron chi connectivity index (χ2n) is 10.8. The SMILES string of the molecule is CN1CCN(CCCO)CC1.CN1CCN(CCCOC(=O)Oc2ccc([N+](=O)[O-])cc2)CC1.O=C(Cl)Oc1ccc([N+](=O)[O-])cc1. The fourth-order valence-electron chi connectivity index (χ4n) is 4.37. The molecule has 0 atom stereocenters. The molecule has 47 heavy (non-hydrogen) atoms. The Balaban J connectivity index is 0.000000270. The zero-order chi connectivity index (χ0) is 34.6. The third-order valence-corrected chi connectivity index (χ3v) is 7.23. The highest BCUT2D eigenvalue weighted by atomic mass is 35.5. The Bertz CT molecular complexity index is 1240. The lowest BCUT2D eigenvalue weighted by Gasteiger charge is -2.32. The Morgan fingerprint density at radius 2 is 1.13 bits per heavy atom. The van der Waals surface area contributed by atoms with Crippen LogP contribution in [0.25, 0.3) is 0 Å². The minimum absolute atomic E-state index is 0.0575. The number of carbonyl (C=O) groups excluding carboxylic acids is 2. The maximum absolute atomic E-state index is 11.5. The number of rotatable bonds is 11. The Morgan fingerprint density at radius 1 is 0.723 bits per heavy atom. The average molecular weight is 683 g/mol. The number of aliphatic hydroxyl groups excluding tert-OH is 1. The van der Waals surface area contributed by atoms with Crippen LogP contribution >= 0.6 is 11.6 Å². The fourth-order valence-corrected chi connectivity index (χ4v) is 4.46. The number of piperazine rings is 2. The van der Waals surface area contributed by atoms with Crippen LogP contribution in [0.15, 0.2) is 48.5 Å². The van der Waals surface area contributed by atoms with Crippen molar-refractivity contribution in [2.24, 2.45) is 0 Å². The summed E-state index contributed by atoms with van der Waals surface area (Å²) in [6.07, 6.45) is 0.875. The molecule has 0 saturated carbocycles. The molecular weight excluding hydrogens is 640 g/mol. The predicted molar refractivity (Wildman–Crippen MR) is 174 cm³/mol. The van der Waals surface area contributed by atoms with Gasteiger partial charge in [-0.2, -0.15) is 0 Å². The van der Waals surface area contributed by atoms with E-state index < -0.39 is 21.4 Å². The van der Waals surface area contributed by atoms with Crippen molar-refractivity contribution >= 4 is 34.6 Å². The fraction of sp³-hybridized carbons (Fsp3) is 0.533. The van der Waals surface area contributed by atoms with Gasteiger partial charge in [0.15, 0.2) is 0 Å². The largest absolute Gasteiger partial charge is 0.513 e. The van der Waals surface area contributed by atoms with Gasteiger partial charge in [-0.05, 0) is 51.2 Å². The zero-order valence-corrected chi connectivity index (χ0v) is 27.5. The number of nitro groups is 2. The number of ether oxygens (including phenoxy) is 3. The summed E-state index contributed by atoms with van der Waals surface area (Å²) in [5.41, 5.74) is -1.11. The maximum atomic E-state index is 11.5. The number of aliphatic hydroxyl groups is 1. The van der Waals surface area contributed by atoms with E-state index >= 15 is 0 Å². The molecule has 17 heteroatoms. The van der Waals surface area contributed by atoms with Gasteiger partial charge in [0.25, 0.3) is 11.4 Å². The Labute approximate surface area is 278 Å². The summed E-state index contributed by atoms with van der Waals surface area (Å²) in [7, 11) is 4.26. The van der Waals surface area contributed by atoms with Crippen molar-refractivity contribution < 1.29 is 38.8 Å². The van der Waals surface area contributed by atoms with Gasteiger partial charge in [-0.1, -0.05) is 0 Å². The molecule has 2 aromatic carbocycles. The first-order valence-corrected chi connectivity index (χ1v) is 15.5. The summed E-state index contributed by atoms with van der Waals surface area (Å²) < 4.78 is 14.4. The first-order chi connectivity index (χ1) is 22.5. The van der Waals surface area contributed by atoms with E-state index in [1.54, 1.807) is 0 Å². The number of nitrogens with zero attached hydrogens (tertiary/aromatic N) is 6. The zero-order valence-electron chi connectivity index (χ0n) is 26.7. The number of likely N-dealkylation sites (N-methyl/N-ethyl adjacent to an activating group) is 2. The van der Waals surface area contributed by atoms with Gasteiger partial charge in [-0.25, -0.2) is 9.59 Å². The van der Waals surface area contributed by atoms with Crippen molar-refractivity contribution in [2.75, 3.05) is 92.8 Å². The molecular formula is C30H43ClN6O10. The summed E-state index contributed by atoms with van der Waals surface area (Å²) in [6, 6.07) is 10.3. The molecule has 0 amide bonds. The molecule has 2 aromatic rings. The number of halogens is 1. The maximum Gasteiger partial charge on any atom is 0.513 e. The number of carbonyl (C=O) groups is 2. The monoisotopic (exact) mass is 682 g/mol. The molecule has 16 nitrogen and oxygen atoms in total. The molecule has 0 unspecified atom stereocenters. The molecule has 0 radical (unpaired) electrons. The molecule has 1 N–H and O–H groups in total. The second kappa shape index (κ2) is 21.8. The molecule has 4 rings (SSSR count). The van der Waals surface area contributed by atoms with Gasteiger partial charge < -0.3 is 38.9 Å². The van der Waals surface area contributed by atoms with Gasteiger partial charge >= 0.3 is 11.6 Å². The van der Waals surface area contributed by atoms with Crippen LogP contribution in [0.5, 0.6) is 11.5 Å². The van der Waals surface area contributed by atoms with E-state index in [4.69, 9.17) is 26.2 Å². The van der Waals surface area contributed by atoms with Crippen LogP contribution in [-0.2, 0) is 4.74 Å². The van der Waals surface area contributed by atoms with Crippen LogP contribution in [0.1, 0.15) is 12.8 Å². The minimum Gasteiger partial charge on any atom is -0.434 e. The van der Waals surface area contributed by atoms with Crippen LogP contribution in [-0.4, -0.2) is 139 Å². The van der Waals surface area contributed by atoms with Gasteiger partial charge in [0, 0.05) is 108 Å². The van der Waals surface area contributed by atoms with Gasteiger partial charge in [-0.15, -0.1) is 0 Å². The van der Waals surface area contributed by atoms with Crippen LogP contribution < -0.4 is 9.47 Å². The Hall–Kier alpha value is -3.93. The second-order valence-corrected chi connectivity index (χ2v) is 11.1. The van der Waals surface area contributed by atoms with Crippen LogP contribution in [0, 0.1) is 20.2 Å². The summed E-state index contributed by atoms with van der Waals surface area (Å²) in [5, 5.41) is 29.3. The molecule has 0 spiro atoms. The number of hydrogen-bond acceptors (Lipinski definition) is 14. The quantitative estimate of drug-likeness (QED) is 0.0904. The molecule has 2 aliphatic rings. The molecule has 260 valence electrons. The van der Waals surface area contributed by atoms with Gasteiger partial charge in [0.05, 0.1) is 16.5 Å². The van der Waals surface area contributed by atoms with Crippen molar-refractivity contribution in [1.29, 1.82) is 0 Å². The summed E-state index contributed by atoms with van der Waals surface area (Å²) in [4.78, 5) is 50.8. The standard InChI is InChI=1S/C15H21N3O5.C8H18N2O.C7H4ClNO4/c1-16-8-10-17(11-9-16)7-2-12-22-15(19)23-14-5-3-13(4-6-14)18(20)21;1-9-4-6-10(7-5-9)3-2-8-11;8-7(10)13-6-3-1-5(2-4-6)9(11)12/h3-6H,2,7-12H2,1H3;11H,2-8H2,1H3;1-4H. The van der Waals surface area contributed by atoms with E-state index in [2.05, 4.69) is 38.4 Å². The van der Waals surface area contributed by atoms with Crippen molar-refractivity contribution in [1.82, 2.24) is 19.6 Å². The highest BCUT2D eigenvalue weighted by molar-refractivity contribution is 6.61. The lowest BCUT2D eigenvalue weighted by atomic mass is 10.3. The lowest BCUT2D eigenvalue weighted by Crippen LogP contribution is -2.44. The van der Waals surface area contributed by atoms with E-state index in [9.17, 15) is 29.8 Å². The first-order valence-electron chi connectivity index (χ1n) is 15.1. The number of nitro benzene ring substituents is 2. The Morgan fingerprint density at radius 3 is 1.51 bits per heavy atom. The van der Waals surface area contributed by atoms with E-state index in [-0.39, 0.29) is 29.5 Å². The highest BCUT2D eigenvalue weighted by Gasteiger charge is 2.14. The smallest absolute Gasteiger partial charge is 0.434 e. The van der Waals surface area contributed by atoms with E-state index in [1.165, 1.54) is 61.6 Å². The number of hydrogen-bond donors (Lipinski definition) is 1. The lowest BCUT2D eigenvalue weighted by molar-refractivity contribution is -0.385. The normalized spacial score (nSPS) is 15.7.